The van der Waals surface area contributed by atoms with Crippen LogP contribution >= 0.6 is 0 Å². The molecule has 0 radical (unpaired) electrons. The summed E-state index contributed by atoms with van der Waals surface area (Å²) in [6.07, 6.45) is 1.92. The van der Waals surface area contributed by atoms with E-state index < -0.39 is 0 Å². The van der Waals surface area contributed by atoms with E-state index in [1.165, 1.54) is 6.92 Å². The highest BCUT2D eigenvalue weighted by Crippen LogP contribution is 2.18. The van der Waals surface area contributed by atoms with E-state index in [0.717, 1.165) is 12.8 Å². The van der Waals surface area contributed by atoms with Gasteiger partial charge in [-0.25, -0.2) is 0 Å². The van der Waals surface area contributed by atoms with Crippen LogP contribution in [-0.4, -0.2) is 32.0 Å². The van der Waals surface area contributed by atoms with E-state index in [2.05, 4.69) is 5.32 Å². The van der Waals surface area contributed by atoms with Crippen LogP contribution in [0.3, 0.4) is 0 Å². The Bertz CT molecular complexity index is 160. The Morgan fingerprint density at radius 3 is 2.92 bits per heavy atom. The molecular formula is C8H15NO3. The standard InChI is InChI=1S/C8H15NO3/c1-6(10)9-5-7-3-4-8(11-2)12-7/h7-8H,3-5H2,1-2H3,(H,9,10)/t7-,8+/m0/s1. The molecule has 0 aromatic rings. The van der Waals surface area contributed by atoms with E-state index in [4.69, 9.17) is 9.47 Å². The lowest BCUT2D eigenvalue weighted by molar-refractivity contribution is -0.124. The van der Waals surface area contributed by atoms with Gasteiger partial charge in [-0.1, -0.05) is 0 Å². The average Bonchev–Trinajstić information content (AvgIpc) is 2.48. The Morgan fingerprint density at radius 1 is 1.67 bits per heavy atom. The molecule has 1 rings (SSSR count). The summed E-state index contributed by atoms with van der Waals surface area (Å²) in [5, 5.41) is 2.71. The number of amides is 1. The fraction of sp³-hybridized carbons (Fsp3) is 0.875. The maximum absolute atomic E-state index is 10.6. The maximum atomic E-state index is 10.6. The highest BCUT2D eigenvalue weighted by atomic mass is 16.7. The SMILES string of the molecule is CO[C@H]1CC[C@@H](CNC(C)=O)O1. The first-order valence-corrected chi connectivity index (χ1v) is 4.15. The van der Waals surface area contributed by atoms with Crippen molar-refractivity contribution in [2.24, 2.45) is 0 Å². The Hall–Kier alpha value is -0.610. The van der Waals surface area contributed by atoms with Crippen molar-refractivity contribution in [2.45, 2.75) is 32.2 Å². The monoisotopic (exact) mass is 173 g/mol. The molecule has 0 bridgehead atoms. The predicted octanol–water partition coefficient (Wildman–Crippen LogP) is 0.274. The topological polar surface area (TPSA) is 47.6 Å². The minimum absolute atomic E-state index is 0.0144. The quantitative estimate of drug-likeness (QED) is 0.666. The van der Waals surface area contributed by atoms with Crippen LogP contribution in [-0.2, 0) is 14.3 Å². The summed E-state index contributed by atoms with van der Waals surface area (Å²) in [4.78, 5) is 10.6. The van der Waals surface area contributed by atoms with Gasteiger partial charge < -0.3 is 14.8 Å². The van der Waals surface area contributed by atoms with Crippen molar-refractivity contribution in [2.75, 3.05) is 13.7 Å². The molecule has 4 nitrogen and oxygen atoms in total. The van der Waals surface area contributed by atoms with E-state index in [-0.39, 0.29) is 18.3 Å². The van der Waals surface area contributed by atoms with Gasteiger partial charge in [0.2, 0.25) is 5.91 Å². The molecule has 0 aliphatic carbocycles. The predicted molar refractivity (Wildman–Crippen MR) is 43.6 cm³/mol. The van der Waals surface area contributed by atoms with Gasteiger partial charge in [0.1, 0.15) is 0 Å². The number of ether oxygens (including phenoxy) is 2. The van der Waals surface area contributed by atoms with Gasteiger partial charge in [-0.15, -0.1) is 0 Å². The largest absolute Gasteiger partial charge is 0.356 e. The Kier molecular flexibility index (Phi) is 3.49. The van der Waals surface area contributed by atoms with Gasteiger partial charge in [0.25, 0.3) is 0 Å². The number of carbonyl (C=O) groups is 1. The smallest absolute Gasteiger partial charge is 0.216 e. The molecule has 0 spiro atoms. The molecule has 70 valence electrons. The van der Waals surface area contributed by atoms with Crippen LogP contribution in [0.15, 0.2) is 0 Å². The van der Waals surface area contributed by atoms with Gasteiger partial charge in [-0.2, -0.15) is 0 Å². The van der Waals surface area contributed by atoms with Gasteiger partial charge in [-0.05, 0) is 6.42 Å². The zero-order valence-electron chi connectivity index (χ0n) is 7.50. The molecule has 1 saturated heterocycles. The molecular weight excluding hydrogens is 158 g/mol. The molecule has 2 atom stereocenters. The summed E-state index contributed by atoms with van der Waals surface area (Å²) < 4.78 is 10.4. The second-order valence-electron chi connectivity index (χ2n) is 2.94. The van der Waals surface area contributed by atoms with Crippen LogP contribution < -0.4 is 5.32 Å². The van der Waals surface area contributed by atoms with E-state index in [0.29, 0.717) is 6.54 Å². The van der Waals surface area contributed by atoms with Crippen LogP contribution in [0.1, 0.15) is 19.8 Å². The van der Waals surface area contributed by atoms with Gasteiger partial charge in [0, 0.05) is 27.0 Å². The Balaban J connectivity index is 2.15. The van der Waals surface area contributed by atoms with Crippen LogP contribution in [0, 0.1) is 0 Å². The molecule has 1 N–H and O–H groups in total. The molecule has 0 aromatic heterocycles. The van der Waals surface area contributed by atoms with Crippen LogP contribution in [0.25, 0.3) is 0 Å². The van der Waals surface area contributed by atoms with Crippen molar-refractivity contribution < 1.29 is 14.3 Å². The number of hydrogen-bond acceptors (Lipinski definition) is 3. The van der Waals surface area contributed by atoms with Crippen molar-refractivity contribution in [3.8, 4) is 0 Å². The Labute approximate surface area is 72.2 Å². The lowest BCUT2D eigenvalue weighted by atomic mass is 10.2. The highest BCUT2D eigenvalue weighted by molar-refractivity contribution is 5.72. The first-order valence-electron chi connectivity index (χ1n) is 4.15. The molecule has 1 aliphatic rings. The van der Waals surface area contributed by atoms with Gasteiger partial charge >= 0.3 is 0 Å². The van der Waals surface area contributed by atoms with Gasteiger partial charge in [0.05, 0.1) is 6.10 Å². The molecule has 0 aromatic carbocycles. The molecule has 1 fully saturated rings. The number of methoxy groups -OCH3 is 1. The van der Waals surface area contributed by atoms with Gasteiger partial charge in [-0.3, -0.25) is 4.79 Å². The van der Waals surface area contributed by atoms with E-state index in [9.17, 15) is 4.79 Å². The summed E-state index contributed by atoms with van der Waals surface area (Å²) in [7, 11) is 1.63. The third-order valence-electron chi connectivity index (χ3n) is 1.91. The highest BCUT2D eigenvalue weighted by Gasteiger charge is 2.24. The first-order chi connectivity index (χ1) is 5.72. The molecule has 1 amide bonds. The first kappa shape index (κ1) is 9.48. The zero-order valence-corrected chi connectivity index (χ0v) is 7.50. The fourth-order valence-electron chi connectivity index (χ4n) is 1.25. The van der Waals surface area contributed by atoms with E-state index in [1.807, 2.05) is 0 Å². The second kappa shape index (κ2) is 4.42. The van der Waals surface area contributed by atoms with Crippen molar-refractivity contribution in [3.63, 3.8) is 0 Å². The lowest BCUT2D eigenvalue weighted by Crippen LogP contribution is -2.30. The van der Waals surface area contributed by atoms with Crippen LogP contribution in [0.4, 0.5) is 0 Å². The van der Waals surface area contributed by atoms with Crippen LogP contribution in [0.5, 0.6) is 0 Å². The summed E-state index contributed by atoms with van der Waals surface area (Å²) in [6, 6.07) is 0. The number of rotatable bonds is 3. The minimum atomic E-state index is -0.0799. The molecule has 1 aliphatic heterocycles. The fourth-order valence-corrected chi connectivity index (χ4v) is 1.25. The third kappa shape index (κ3) is 2.79. The number of nitrogens with one attached hydrogen (secondary N) is 1. The van der Waals surface area contributed by atoms with E-state index >= 15 is 0 Å². The maximum Gasteiger partial charge on any atom is 0.216 e. The summed E-state index contributed by atoms with van der Waals surface area (Å²) in [5.74, 6) is -0.0144. The summed E-state index contributed by atoms with van der Waals surface area (Å²) >= 11 is 0. The van der Waals surface area contributed by atoms with E-state index in [1.54, 1.807) is 7.11 Å². The van der Waals surface area contributed by atoms with Crippen molar-refractivity contribution in [1.82, 2.24) is 5.32 Å². The van der Waals surface area contributed by atoms with Crippen molar-refractivity contribution in [3.05, 3.63) is 0 Å². The molecule has 4 heteroatoms. The summed E-state index contributed by atoms with van der Waals surface area (Å²) in [5.41, 5.74) is 0. The molecule has 1 heterocycles. The molecule has 0 unspecified atom stereocenters. The Morgan fingerprint density at radius 2 is 2.42 bits per heavy atom. The minimum Gasteiger partial charge on any atom is -0.356 e. The third-order valence-corrected chi connectivity index (χ3v) is 1.91. The van der Waals surface area contributed by atoms with Crippen LogP contribution in [0.2, 0.25) is 0 Å². The lowest BCUT2D eigenvalue weighted by Gasteiger charge is -2.12. The molecule has 12 heavy (non-hydrogen) atoms. The summed E-state index contributed by atoms with van der Waals surface area (Å²) in [6.45, 7) is 2.10. The van der Waals surface area contributed by atoms with Gasteiger partial charge in [0.15, 0.2) is 6.29 Å². The number of hydrogen-bond donors (Lipinski definition) is 1. The van der Waals surface area contributed by atoms with Crippen molar-refractivity contribution in [1.29, 1.82) is 0 Å². The number of carbonyl (C=O) groups excluding carboxylic acids is 1. The zero-order chi connectivity index (χ0) is 8.97. The second-order valence-corrected chi connectivity index (χ2v) is 2.94. The van der Waals surface area contributed by atoms with Crippen molar-refractivity contribution >= 4 is 5.91 Å². The molecule has 0 saturated carbocycles. The normalized spacial score (nSPS) is 28.8. The average molecular weight is 173 g/mol.